The van der Waals surface area contributed by atoms with Gasteiger partial charge in [0.15, 0.2) is 0 Å². The first-order valence-corrected chi connectivity index (χ1v) is 7.48. The van der Waals surface area contributed by atoms with Gasteiger partial charge in [0.05, 0.1) is 19.3 Å². The Balaban J connectivity index is 3.30. The van der Waals surface area contributed by atoms with Crippen LogP contribution in [0.15, 0.2) is 43.0 Å². The van der Waals surface area contributed by atoms with Crippen molar-refractivity contribution >= 4 is 5.97 Å². The van der Waals surface area contributed by atoms with Crippen LogP contribution in [0.1, 0.15) is 24.9 Å². The van der Waals surface area contributed by atoms with E-state index in [4.69, 9.17) is 9.47 Å². The van der Waals surface area contributed by atoms with E-state index in [1.165, 1.54) is 14.0 Å². The van der Waals surface area contributed by atoms with E-state index < -0.39 is 30.1 Å². The van der Waals surface area contributed by atoms with Gasteiger partial charge in [-0.05, 0) is 12.5 Å². The maximum atomic E-state index is 13.8. The number of esters is 1. The van der Waals surface area contributed by atoms with E-state index in [1.807, 2.05) is 0 Å². The van der Waals surface area contributed by atoms with Gasteiger partial charge in [-0.15, -0.1) is 6.58 Å². The monoisotopic (exact) mass is 345 g/mol. The normalized spacial score (nSPS) is 15.4. The fourth-order valence-electron chi connectivity index (χ4n) is 2.36. The molecule has 0 radical (unpaired) electrons. The third-order valence-corrected chi connectivity index (χ3v) is 3.51. The van der Waals surface area contributed by atoms with Crippen molar-refractivity contribution in [3.63, 3.8) is 0 Å². The number of alkyl halides is 3. The molecule has 4 nitrogen and oxygen atoms in total. The van der Waals surface area contributed by atoms with Crippen molar-refractivity contribution in [1.29, 1.82) is 0 Å². The number of rotatable bonds is 9. The second kappa shape index (κ2) is 8.84. The summed E-state index contributed by atoms with van der Waals surface area (Å²) in [7, 11) is 1.38. The molecule has 0 heterocycles. The highest BCUT2D eigenvalue weighted by Gasteiger charge is 2.61. The zero-order chi connectivity index (χ0) is 18.2. The van der Waals surface area contributed by atoms with Crippen LogP contribution in [0.3, 0.4) is 0 Å². The lowest BCUT2D eigenvalue weighted by atomic mass is 9.91. The summed E-state index contributed by atoms with van der Waals surface area (Å²) in [6, 6.07) is 7.63. The van der Waals surface area contributed by atoms with Crippen molar-refractivity contribution in [2.45, 2.75) is 31.1 Å². The number of carbonyl (C=O) groups excluding carboxylic acids is 1. The van der Waals surface area contributed by atoms with E-state index >= 15 is 0 Å². The van der Waals surface area contributed by atoms with Gasteiger partial charge in [-0.1, -0.05) is 36.4 Å². The van der Waals surface area contributed by atoms with Crippen molar-refractivity contribution in [3.05, 3.63) is 48.6 Å². The molecule has 2 atom stereocenters. The topological polar surface area (TPSA) is 47.6 Å². The lowest BCUT2D eigenvalue weighted by Crippen LogP contribution is -2.64. The SMILES string of the molecule is C=CC[C@@](N[C@@H](COC)c1ccccc1)(C(=O)OCC)C(F)(F)F. The Labute approximate surface area is 139 Å². The van der Waals surface area contributed by atoms with Crippen LogP contribution >= 0.6 is 0 Å². The van der Waals surface area contributed by atoms with Gasteiger partial charge in [-0.2, -0.15) is 13.2 Å². The van der Waals surface area contributed by atoms with E-state index in [9.17, 15) is 18.0 Å². The van der Waals surface area contributed by atoms with Crippen LogP contribution in [-0.2, 0) is 14.3 Å². The third kappa shape index (κ3) is 4.58. The Kier molecular flexibility index (Phi) is 7.44. The Hall–Kier alpha value is -1.86. The highest BCUT2D eigenvalue weighted by Crippen LogP contribution is 2.37. The zero-order valence-electron chi connectivity index (χ0n) is 13.7. The molecule has 1 rings (SSSR count). The first kappa shape index (κ1) is 20.2. The summed E-state index contributed by atoms with van der Waals surface area (Å²) < 4.78 is 51.1. The number of ether oxygens (including phenoxy) is 2. The van der Waals surface area contributed by atoms with Crippen molar-refractivity contribution < 1.29 is 27.4 Å². The van der Waals surface area contributed by atoms with Gasteiger partial charge in [0.1, 0.15) is 0 Å². The Bertz CT molecular complexity index is 534. The van der Waals surface area contributed by atoms with Gasteiger partial charge in [-0.3, -0.25) is 5.32 Å². The summed E-state index contributed by atoms with van der Waals surface area (Å²) in [5, 5.41) is 2.41. The van der Waals surface area contributed by atoms with E-state index in [0.717, 1.165) is 6.08 Å². The molecule has 0 aliphatic heterocycles. The van der Waals surface area contributed by atoms with Gasteiger partial charge in [0, 0.05) is 13.5 Å². The van der Waals surface area contributed by atoms with Crippen LogP contribution in [0.25, 0.3) is 0 Å². The molecule has 0 spiro atoms. The minimum Gasteiger partial charge on any atom is -0.464 e. The van der Waals surface area contributed by atoms with Crippen LogP contribution in [-0.4, -0.2) is 38.0 Å². The molecule has 0 saturated heterocycles. The zero-order valence-corrected chi connectivity index (χ0v) is 13.7. The highest BCUT2D eigenvalue weighted by atomic mass is 19.4. The van der Waals surface area contributed by atoms with Crippen LogP contribution in [0, 0.1) is 0 Å². The molecule has 0 aliphatic carbocycles. The summed E-state index contributed by atoms with van der Waals surface area (Å²) >= 11 is 0. The van der Waals surface area contributed by atoms with E-state index in [0.29, 0.717) is 5.56 Å². The Morgan fingerprint density at radius 1 is 1.33 bits per heavy atom. The molecule has 1 aromatic carbocycles. The van der Waals surface area contributed by atoms with E-state index in [2.05, 4.69) is 11.9 Å². The number of nitrogens with one attached hydrogen (secondary N) is 1. The molecular weight excluding hydrogens is 323 g/mol. The molecular formula is C17H22F3NO3. The quantitative estimate of drug-likeness (QED) is 0.550. The summed E-state index contributed by atoms with van der Waals surface area (Å²) in [6.45, 7) is 4.60. The first-order chi connectivity index (χ1) is 11.3. The molecule has 0 unspecified atom stereocenters. The molecule has 0 bridgehead atoms. The van der Waals surface area contributed by atoms with Crippen LogP contribution < -0.4 is 5.32 Å². The predicted octanol–water partition coefficient (Wildman–Crippen LogP) is 3.40. The van der Waals surface area contributed by atoms with Crippen molar-refractivity contribution in [1.82, 2.24) is 5.32 Å². The molecule has 1 aromatic rings. The number of benzene rings is 1. The molecule has 0 amide bonds. The molecule has 0 aromatic heterocycles. The molecule has 0 saturated carbocycles. The van der Waals surface area contributed by atoms with Gasteiger partial charge >= 0.3 is 12.1 Å². The maximum Gasteiger partial charge on any atom is 0.417 e. The maximum absolute atomic E-state index is 13.8. The lowest BCUT2D eigenvalue weighted by molar-refractivity contribution is -0.215. The van der Waals surface area contributed by atoms with Crippen LogP contribution in [0.4, 0.5) is 13.2 Å². The van der Waals surface area contributed by atoms with Gasteiger partial charge in [-0.25, -0.2) is 4.79 Å². The number of halogens is 3. The average molecular weight is 345 g/mol. The standard InChI is InChI=1S/C17H22F3NO3/c1-4-11-16(17(18,19)20,15(22)24-5-2)21-14(12-23-3)13-9-7-6-8-10-13/h4,6-10,14,21H,1,5,11-12H2,2-3H3/t14-,16+/m0/s1. The minimum absolute atomic E-state index is 0.0433. The van der Waals surface area contributed by atoms with E-state index in [-0.39, 0.29) is 13.2 Å². The summed E-state index contributed by atoms with van der Waals surface area (Å²) in [4.78, 5) is 12.2. The molecule has 1 N–H and O–H groups in total. The Morgan fingerprint density at radius 2 is 1.96 bits per heavy atom. The fourth-order valence-corrected chi connectivity index (χ4v) is 2.36. The third-order valence-electron chi connectivity index (χ3n) is 3.51. The lowest BCUT2D eigenvalue weighted by Gasteiger charge is -2.36. The predicted molar refractivity (Wildman–Crippen MR) is 84.4 cm³/mol. The van der Waals surface area contributed by atoms with Gasteiger partial charge < -0.3 is 9.47 Å². The van der Waals surface area contributed by atoms with Crippen LogP contribution in [0.2, 0.25) is 0 Å². The summed E-state index contributed by atoms with van der Waals surface area (Å²) in [5.74, 6) is -1.38. The molecule has 0 aliphatic rings. The smallest absolute Gasteiger partial charge is 0.417 e. The number of hydrogen-bond acceptors (Lipinski definition) is 4. The second-order valence-corrected chi connectivity index (χ2v) is 5.18. The Morgan fingerprint density at radius 3 is 2.42 bits per heavy atom. The highest BCUT2D eigenvalue weighted by molar-refractivity contribution is 5.82. The van der Waals surface area contributed by atoms with Gasteiger partial charge in [0.25, 0.3) is 0 Å². The van der Waals surface area contributed by atoms with Gasteiger partial charge in [0.2, 0.25) is 5.54 Å². The summed E-state index contributed by atoms with van der Waals surface area (Å²) in [6.07, 6.45) is -4.47. The molecule has 0 fully saturated rings. The van der Waals surface area contributed by atoms with Crippen molar-refractivity contribution in [3.8, 4) is 0 Å². The second-order valence-electron chi connectivity index (χ2n) is 5.18. The van der Waals surface area contributed by atoms with E-state index in [1.54, 1.807) is 30.3 Å². The number of carbonyl (C=O) groups is 1. The molecule has 134 valence electrons. The first-order valence-electron chi connectivity index (χ1n) is 7.48. The van der Waals surface area contributed by atoms with Crippen LogP contribution in [0.5, 0.6) is 0 Å². The summed E-state index contributed by atoms with van der Waals surface area (Å²) in [5.41, 5.74) is -2.31. The minimum atomic E-state index is -4.87. The molecule has 7 heteroatoms. The average Bonchev–Trinajstić information content (AvgIpc) is 2.53. The fraction of sp³-hybridized carbons (Fsp3) is 0.471. The van der Waals surface area contributed by atoms with Crippen molar-refractivity contribution in [2.24, 2.45) is 0 Å². The number of hydrogen-bond donors (Lipinski definition) is 1. The molecule has 24 heavy (non-hydrogen) atoms. The van der Waals surface area contributed by atoms with Crippen molar-refractivity contribution in [2.75, 3.05) is 20.3 Å². The largest absolute Gasteiger partial charge is 0.464 e. The number of methoxy groups -OCH3 is 1.